The monoisotopic (exact) mass is 356 g/mol. The first kappa shape index (κ1) is 17.8. The number of amides is 1. The van der Waals surface area contributed by atoms with Gasteiger partial charge in [0.05, 0.1) is 0 Å². The fraction of sp³-hybridized carbons (Fsp3) is 0.682. The number of hydrogen-bond donors (Lipinski definition) is 1. The van der Waals surface area contributed by atoms with E-state index in [1.54, 1.807) is 10.5 Å². The highest BCUT2D eigenvalue weighted by atomic mass is 16.4. The van der Waals surface area contributed by atoms with Crippen molar-refractivity contribution < 1.29 is 9.90 Å². The van der Waals surface area contributed by atoms with Crippen LogP contribution < -0.4 is 0 Å². The third kappa shape index (κ3) is 3.13. The smallest absolute Gasteiger partial charge is 0.407 e. The first-order valence-electron chi connectivity index (χ1n) is 10.3. The minimum atomic E-state index is -0.749. The van der Waals surface area contributed by atoms with Crippen LogP contribution in [0.5, 0.6) is 0 Å². The van der Waals surface area contributed by atoms with Gasteiger partial charge in [-0.3, -0.25) is 4.90 Å². The lowest BCUT2D eigenvalue weighted by Crippen LogP contribution is -2.55. The largest absolute Gasteiger partial charge is 0.465 e. The highest BCUT2D eigenvalue weighted by Crippen LogP contribution is 2.53. The van der Waals surface area contributed by atoms with Crippen LogP contribution in [-0.4, -0.2) is 46.7 Å². The molecule has 1 aromatic carbocycles. The molecule has 1 aromatic rings. The van der Waals surface area contributed by atoms with Crippen LogP contribution in [0.2, 0.25) is 0 Å². The van der Waals surface area contributed by atoms with Gasteiger partial charge in [-0.1, -0.05) is 38.1 Å². The third-order valence-electron chi connectivity index (χ3n) is 7.17. The van der Waals surface area contributed by atoms with Gasteiger partial charge in [-0.05, 0) is 67.5 Å². The van der Waals surface area contributed by atoms with E-state index in [0.717, 1.165) is 25.9 Å². The summed E-state index contributed by atoms with van der Waals surface area (Å²) < 4.78 is 0. The Bertz CT molecular complexity index is 656. The molecule has 3 fully saturated rings. The SMILES string of the molecule is CC(C)c1ccccc1[C@@H]1CCCN1C1CC2(CCN(C(=O)O)CC2)C1. The summed E-state index contributed by atoms with van der Waals surface area (Å²) >= 11 is 0. The van der Waals surface area contributed by atoms with Crippen molar-refractivity contribution in [2.45, 2.75) is 70.4 Å². The van der Waals surface area contributed by atoms with Crippen LogP contribution in [0.15, 0.2) is 24.3 Å². The first-order valence-corrected chi connectivity index (χ1v) is 10.3. The van der Waals surface area contributed by atoms with Gasteiger partial charge in [0.2, 0.25) is 0 Å². The van der Waals surface area contributed by atoms with Crippen LogP contribution in [-0.2, 0) is 0 Å². The van der Waals surface area contributed by atoms with E-state index < -0.39 is 6.09 Å². The highest BCUT2D eigenvalue weighted by Gasteiger charge is 2.50. The Labute approximate surface area is 157 Å². The summed E-state index contributed by atoms with van der Waals surface area (Å²) in [7, 11) is 0. The molecular formula is C22H32N2O2. The molecule has 1 saturated carbocycles. The van der Waals surface area contributed by atoms with Crippen LogP contribution in [0.1, 0.15) is 75.5 Å². The topological polar surface area (TPSA) is 43.8 Å². The van der Waals surface area contributed by atoms with Crippen LogP contribution in [0, 0.1) is 5.41 Å². The molecule has 0 bridgehead atoms. The fourth-order valence-electron chi connectivity index (χ4n) is 5.66. The number of rotatable bonds is 3. The summed E-state index contributed by atoms with van der Waals surface area (Å²) in [5.41, 5.74) is 3.47. The highest BCUT2D eigenvalue weighted by molar-refractivity contribution is 5.65. The number of hydrogen-bond acceptors (Lipinski definition) is 2. The second-order valence-corrected chi connectivity index (χ2v) is 9.01. The maximum atomic E-state index is 11.1. The van der Waals surface area contributed by atoms with Gasteiger partial charge in [0.25, 0.3) is 0 Å². The summed E-state index contributed by atoms with van der Waals surface area (Å²) in [5.74, 6) is 0.571. The van der Waals surface area contributed by atoms with Crippen molar-refractivity contribution in [3.05, 3.63) is 35.4 Å². The van der Waals surface area contributed by atoms with Crippen molar-refractivity contribution in [3.8, 4) is 0 Å². The lowest BCUT2D eigenvalue weighted by Gasteiger charge is -2.55. The van der Waals surface area contributed by atoms with Crippen molar-refractivity contribution >= 4 is 6.09 Å². The second kappa shape index (κ2) is 6.88. The first-order chi connectivity index (χ1) is 12.5. The predicted octanol–water partition coefficient (Wildman–Crippen LogP) is 4.87. The zero-order valence-electron chi connectivity index (χ0n) is 16.2. The molecule has 2 heterocycles. The van der Waals surface area contributed by atoms with Crippen molar-refractivity contribution in [1.82, 2.24) is 9.80 Å². The van der Waals surface area contributed by atoms with Crippen molar-refractivity contribution in [3.63, 3.8) is 0 Å². The maximum Gasteiger partial charge on any atom is 0.407 e. The molecule has 3 aliphatic rings. The van der Waals surface area contributed by atoms with Crippen molar-refractivity contribution in [2.75, 3.05) is 19.6 Å². The zero-order chi connectivity index (χ0) is 18.3. The fourth-order valence-corrected chi connectivity index (χ4v) is 5.66. The predicted molar refractivity (Wildman–Crippen MR) is 103 cm³/mol. The van der Waals surface area contributed by atoms with Gasteiger partial charge in [-0.25, -0.2) is 4.79 Å². The molecular weight excluding hydrogens is 324 g/mol. The lowest BCUT2D eigenvalue weighted by atomic mass is 9.60. The van der Waals surface area contributed by atoms with Gasteiger partial charge in [0.1, 0.15) is 0 Å². The Morgan fingerprint density at radius 2 is 1.85 bits per heavy atom. The molecule has 4 heteroatoms. The molecule has 1 N–H and O–H groups in total. The standard InChI is InChI=1S/C22H32N2O2/c1-16(2)18-6-3-4-7-19(18)20-8-5-11-24(20)17-14-22(15-17)9-12-23(13-10-22)21(25)26/h3-4,6-7,16-17,20H,5,8-15H2,1-2H3,(H,25,26)/t20-/m0/s1. The quantitative estimate of drug-likeness (QED) is 0.840. The summed E-state index contributed by atoms with van der Waals surface area (Å²) in [6, 6.07) is 10.3. The second-order valence-electron chi connectivity index (χ2n) is 9.01. The molecule has 142 valence electrons. The number of carboxylic acid groups (broad SMARTS) is 1. The normalized spacial score (nSPS) is 26.4. The molecule has 0 radical (unpaired) electrons. The summed E-state index contributed by atoms with van der Waals surface area (Å²) in [5, 5.41) is 9.17. The Kier molecular flexibility index (Phi) is 4.72. The zero-order valence-corrected chi connectivity index (χ0v) is 16.2. The van der Waals surface area contributed by atoms with E-state index in [-0.39, 0.29) is 0 Å². The van der Waals surface area contributed by atoms with E-state index in [4.69, 9.17) is 0 Å². The molecule has 2 saturated heterocycles. The number of piperidine rings is 1. The van der Waals surface area contributed by atoms with Crippen molar-refractivity contribution in [1.29, 1.82) is 0 Å². The van der Waals surface area contributed by atoms with E-state index in [2.05, 4.69) is 43.0 Å². The van der Waals surface area contributed by atoms with Crippen LogP contribution in [0.3, 0.4) is 0 Å². The number of benzene rings is 1. The minimum Gasteiger partial charge on any atom is -0.465 e. The molecule has 0 unspecified atom stereocenters. The van der Waals surface area contributed by atoms with Gasteiger partial charge in [-0.15, -0.1) is 0 Å². The van der Waals surface area contributed by atoms with Gasteiger partial charge in [0.15, 0.2) is 0 Å². The lowest BCUT2D eigenvalue weighted by molar-refractivity contribution is -0.0438. The molecule has 0 aromatic heterocycles. The van der Waals surface area contributed by atoms with Crippen molar-refractivity contribution in [2.24, 2.45) is 5.41 Å². The van der Waals surface area contributed by atoms with Gasteiger partial charge >= 0.3 is 6.09 Å². The van der Waals surface area contributed by atoms with E-state index in [0.29, 0.717) is 23.4 Å². The Hall–Kier alpha value is -1.55. The molecule has 2 aliphatic heterocycles. The average Bonchev–Trinajstić information content (AvgIpc) is 3.08. The van der Waals surface area contributed by atoms with E-state index in [1.807, 2.05) is 0 Å². The van der Waals surface area contributed by atoms with E-state index in [9.17, 15) is 9.90 Å². The van der Waals surface area contributed by atoms with Crippen LogP contribution >= 0.6 is 0 Å². The average molecular weight is 357 g/mol. The maximum absolute atomic E-state index is 11.1. The Morgan fingerprint density at radius 3 is 2.50 bits per heavy atom. The molecule has 4 rings (SSSR count). The minimum absolute atomic E-state index is 0.418. The van der Waals surface area contributed by atoms with E-state index >= 15 is 0 Å². The van der Waals surface area contributed by atoms with Gasteiger partial charge < -0.3 is 10.0 Å². The summed E-state index contributed by atoms with van der Waals surface area (Å²) in [6.07, 6.45) is 6.46. The number of nitrogens with zero attached hydrogens (tertiary/aromatic N) is 2. The molecule has 26 heavy (non-hydrogen) atoms. The molecule has 4 nitrogen and oxygen atoms in total. The van der Waals surface area contributed by atoms with Crippen LogP contribution in [0.4, 0.5) is 4.79 Å². The van der Waals surface area contributed by atoms with Crippen LogP contribution in [0.25, 0.3) is 0 Å². The molecule has 1 aliphatic carbocycles. The number of likely N-dealkylation sites (tertiary alicyclic amines) is 2. The van der Waals surface area contributed by atoms with Gasteiger partial charge in [0, 0.05) is 25.2 Å². The Morgan fingerprint density at radius 1 is 1.15 bits per heavy atom. The molecule has 1 amide bonds. The molecule has 1 atom stereocenters. The summed E-state index contributed by atoms with van der Waals surface area (Å²) in [6.45, 7) is 7.27. The van der Waals surface area contributed by atoms with E-state index in [1.165, 1.54) is 37.8 Å². The molecule has 1 spiro atoms. The van der Waals surface area contributed by atoms with Gasteiger partial charge in [-0.2, -0.15) is 0 Å². The Balaban J connectivity index is 1.43. The summed E-state index contributed by atoms with van der Waals surface area (Å²) in [4.78, 5) is 15.5. The third-order valence-corrected chi connectivity index (χ3v) is 7.17. The number of carbonyl (C=O) groups is 1.